The molecule has 4 nitrogen and oxygen atoms in total. The van der Waals surface area contributed by atoms with Gasteiger partial charge < -0.3 is 5.32 Å². The van der Waals surface area contributed by atoms with Crippen LogP contribution in [0.3, 0.4) is 0 Å². The topological polar surface area (TPSA) is 49.4 Å². The zero-order chi connectivity index (χ0) is 14.0. The van der Waals surface area contributed by atoms with E-state index in [2.05, 4.69) is 5.32 Å². The third kappa shape index (κ3) is 3.54. The summed E-state index contributed by atoms with van der Waals surface area (Å²) in [5, 5.41) is 3.25. The van der Waals surface area contributed by atoms with Crippen molar-refractivity contribution in [1.29, 1.82) is 0 Å². The van der Waals surface area contributed by atoms with E-state index in [0.717, 1.165) is 36.4 Å². The van der Waals surface area contributed by atoms with Crippen molar-refractivity contribution in [3.05, 3.63) is 16.5 Å². The van der Waals surface area contributed by atoms with Crippen LogP contribution < -0.4 is 5.32 Å². The molecular formula is C13H23ClN2O2S2. The molecule has 1 N–H and O–H groups in total. The van der Waals surface area contributed by atoms with E-state index >= 15 is 0 Å². The molecule has 2 heterocycles. The van der Waals surface area contributed by atoms with Gasteiger partial charge in [0.1, 0.15) is 4.21 Å². The summed E-state index contributed by atoms with van der Waals surface area (Å²) in [6, 6.07) is 2.06. The van der Waals surface area contributed by atoms with Crippen LogP contribution in [0, 0.1) is 13.8 Å². The fourth-order valence-electron chi connectivity index (χ4n) is 2.59. The van der Waals surface area contributed by atoms with Crippen molar-refractivity contribution in [2.45, 2.75) is 43.9 Å². The van der Waals surface area contributed by atoms with Crippen LogP contribution in [-0.4, -0.2) is 38.4 Å². The number of nitrogens with zero attached hydrogens (tertiary/aromatic N) is 1. The van der Waals surface area contributed by atoms with Gasteiger partial charge in [0.2, 0.25) is 0 Å². The Kier molecular flexibility index (Phi) is 6.47. The highest BCUT2D eigenvalue weighted by Gasteiger charge is 2.34. The fraction of sp³-hybridized carbons (Fsp3) is 0.692. The van der Waals surface area contributed by atoms with Gasteiger partial charge in [-0.1, -0.05) is 6.92 Å². The van der Waals surface area contributed by atoms with Crippen molar-refractivity contribution < 1.29 is 8.42 Å². The van der Waals surface area contributed by atoms with Gasteiger partial charge in [-0.2, -0.15) is 4.31 Å². The molecule has 0 aliphatic carbocycles. The Morgan fingerprint density at radius 3 is 2.60 bits per heavy atom. The molecule has 0 bridgehead atoms. The summed E-state index contributed by atoms with van der Waals surface area (Å²) in [7, 11) is -3.34. The summed E-state index contributed by atoms with van der Waals surface area (Å²) >= 11 is 1.38. The van der Waals surface area contributed by atoms with Crippen LogP contribution in [-0.2, 0) is 10.0 Å². The van der Waals surface area contributed by atoms with E-state index < -0.39 is 10.0 Å². The third-order valence-corrected chi connectivity index (χ3v) is 7.14. The summed E-state index contributed by atoms with van der Waals surface area (Å²) in [6.07, 6.45) is 1.75. The predicted octanol–water partition coefficient (Wildman–Crippen LogP) is 2.55. The Bertz CT molecular complexity index is 537. The number of hydrogen-bond acceptors (Lipinski definition) is 4. The van der Waals surface area contributed by atoms with E-state index in [0.29, 0.717) is 10.8 Å². The van der Waals surface area contributed by atoms with Gasteiger partial charge in [-0.3, -0.25) is 0 Å². The van der Waals surface area contributed by atoms with E-state index in [1.54, 1.807) is 4.31 Å². The van der Waals surface area contributed by atoms with Crippen LogP contribution in [0.4, 0.5) is 0 Å². The molecule has 0 spiro atoms. The first-order valence-corrected chi connectivity index (χ1v) is 9.02. The van der Waals surface area contributed by atoms with Gasteiger partial charge in [0.15, 0.2) is 0 Å². The molecule has 1 saturated heterocycles. The van der Waals surface area contributed by atoms with Crippen LogP contribution in [0.25, 0.3) is 0 Å². The minimum Gasteiger partial charge on any atom is -0.315 e. The first kappa shape index (κ1) is 17.9. The molecular weight excluding hydrogens is 316 g/mol. The van der Waals surface area contributed by atoms with Crippen molar-refractivity contribution in [1.82, 2.24) is 9.62 Å². The fourth-order valence-corrected chi connectivity index (χ4v) is 6.11. The van der Waals surface area contributed by atoms with Crippen LogP contribution >= 0.6 is 23.7 Å². The Morgan fingerprint density at radius 2 is 2.15 bits per heavy atom. The van der Waals surface area contributed by atoms with Crippen LogP contribution in [0.2, 0.25) is 0 Å². The second-order valence-corrected chi connectivity index (χ2v) is 8.43. The molecule has 1 aromatic rings. The SMILES string of the molecule is CCCN(C1CCNC1)S(=O)(=O)c1sc(C)cc1C.Cl. The smallest absolute Gasteiger partial charge is 0.253 e. The van der Waals surface area contributed by atoms with E-state index in [4.69, 9.17) is 0 Å². The quantitative estimate of drug-likeness (QED) is 0.897. The minimum absolute atomic E-state index is 0. The highest BCUT2D eigenvalue weighted by Crippen LogP contribution is 2.30. The van der Waals surface area contributed by atoms with Crippen molar-refractivity contribution in [3.8, 4) is 0 Å². The maximum Gasteiger partial charge on any atom is 0.253 e. The van der Waals surface area contributed by atoms with Gasteiger partial charge in [-0.15, -0.1) is 23.7 Å². The molecule has 7 heteroatoms. The molecule has 0 radical (unpaired) electrons. The highest BCUT2D eigenvalue weighted by molar-refractivity contribution is 7.91. The molecule has 0 saturated carbocycles. The van der Waals surface area contributed by atoms with Crippen LogP contribution in [0.1, 0.15) is 30.2 Å². The van der Waals surface area contributed by atoms with Crippen LogP contribution in [0.5, 0.6) is 0 Å². The number of sulfonamides is 1. The van der Waals surface area contributed by atoms with Crippen molar-refractivity contribution in [3.63, 3.8) is 0 Å². The van der Waals surface area contributed by atoms with Gasteiger partial charge in [0.25, 0.3) is 10.0 Å². The number of nitrogens with one attached hydrogen (secondary N) is 1. The predicted molar refractivity (Wildman–Crippen MR) is 86.5 cm³/mol. The van der Waals surface area contributed by atoms with Gasteiger partial charge in [0.05, 0.1) is 0 Å². The maximum atomic E-state index is 12.9. The molecule has 0 amide bonds. The lowest BCUT2D eigenvalue weighted by Gasteiger charge is -2.26. The molecule has 1 atom stereocenters. The minimum atomic E-state index is -3.34. The molecule has 1 aromatic heterocycles. The maximum absolute atomic E-state index is 12.9. The standard InChI is InChI=1S/C13H22N2O2S2.ClH/c1-4-7-15(12-5-6-14-9-12)19(16,17)13-10(2)8-11(3)18-13;/h8,12,14H,4-7,9H2,1-3H3;1H. The first-order chi connectivity index (χ1) is 8.96. The van der Waals surface area contributed by atoms with Gasteiger partial charge in [-0.25, -0.2) is 8.42 Å². The number of thiophene rings is 1. The van der Waals surface area contributed by atoms with Crippen molar-refractivity contribution in [2.75, 3.05) is 19.6 Å². The zero-order valence-corrected chi connectivity index (χ0v) is 14.6. The highest BCUT2D eigenvalue weighted by atomic mass is 35.5. The van der Waals surface area contributed by atoms with E-state index in [1.807, 2.05) is 26.8 Å². The molecule has 1 fully saturated rings. The number of rotatable bonds is 5. The Hall–Kier alpha value is -0.140. The van der Waals surface area contributed by atoms with Gasteiger partial charge in [0, 0.05) is 24.0 Å². The Morgan fingerprint density at radius 1 is 1.45 bits per heavy atom. The molecule has 1 aliphatic heterocycles. The zero-order valence-electron chi connectivity index (χ0n) is 12.2. The van der Waals surface area contributed by atoms with Gasteiger partial charge in [-0.05, 0) is 44.9 Å². The molecule has 20 heavy (non-hydrogen) atoms. The lowest BCUT2D eigenvalue weighted by Crippen LogP contribution is -2.41. The monoisotopic (exact) mass is 338 g/mol. The Labute approximate surface area is 132 Å². The lowest BCUT2D eigenvalue weighted by atomic mass is 10.2. The first-order valence-electron chi connectivity index (χ1n) is 6.76. The van der Waals surface area contributed by atoms with Crippen molar-refractivity contribution >= 4 is 33.8 Å². The average Bonchev–Trinajstić information content (AvgIpc) is 2.95. The van der Waals surface area contributed by atoms with Crippen molar-refractivity contribution in [2.24, 2.45) is 0 Å². The van der Waals surface area contributed by atoms with Gasteiger partial charge >= 0.3 is 0 Å². The summed E-state index contributed by atoms with van der Waals surface area (Å²) in [5.74, 6) is 0. The molecule has 2 rings (SSSR count). The molecule has 116 valence electrons. The summed E-state index contributed by atoms with van der Waals surface area (Å²) in [5.41, 5.74) is 0.870. The summed E-state index contributed by atoms with van der Waals surface area (Å²) in [6.45, 7) is 8.14. The third-order valence-electron chi connectivity index (χ3n) is 3.42. The second-order valence-electron chi connectivity index (χ2n) is 5.09. The van der Waals surface area contributed by atoms with E-state index in [1.165, 1.54) is 11.3 Å². The largest absolute Gasteiger partial charge is 0.315 e. The number of halogens is 1. The average molecular weight is 339 g/mol. The summed E-state index contributed by atoms with van der Waals surface area (Å²) < 4.78 is 27.9. The van der Waals surface area contributed by atoms with E-state index in [9.17, 15) is 8.42 Å². The summed E-state index contributed by atoms with van der Waals surface area (Å²) in [4.78, 5) is 1.05. The van der Waals surface area contributed by atoms with Crippen LogP contribution in [0.15, 0.2) is 10.3 Å². The Balaban J connectivity index is 0.00000200. The second kappa shape index (κ2) is 7.22. The molecule has 0 aromatic carbocycles. The molecule has 1 unspecified atom stereocenters. The molecule has 1 aliphatic rings. The number of aryl methyl sites for hydroxylation is 2. The van der Waals surface area contributed by atoms with E-state index in [-0.39, 0.29) is 18.4 Å². The normalized spacial score (nSPS) is 19.3. The number of hydrogen-bond donors (Lipinski definition) is 1. The lowest BCUT2D eigenvalue weighted by molar-refractivity contribution is 0.335.